The van der Waals surface area contributed by atoms with Crippen LogP contribution in [0.15, 0.2) is 108 Å². The molecule has 0 fully saturated rings. The topological polar surface area (TPSA) is 384 Å². The van der Waals surface area contributed by atoms with Gasteiger partial charge in [0, 0.05) is 59.8 Å². The van der Waals surface area contributed by atoms with E-state index in [1.165, 1.54) is 23.2 Å². The van der Waals surface area contributed by atoms with Gasteiger partial charge in [0.05, 0.1) is 57.8 Å². The quantitative estimate of drug-likeness (QED) is 0.0235. The number of hydrogen-bond acceptors (Lipinski definition) is 19. The van der Waals surface area contributed by atoms with Crippen molar-refractivity contribution in [3.05, 3.63) is 142 Å². The van der Waals surface area contributed by atoms with Crippen LogP contribution in [-0.4, -0.2) is 119 Å². The summed E-state index contributed by atoms with van der Waals surface area (Å²) in [5, 5.41) is 33.2. The lowest BCUT2D eigenvalue weighted by atomic mass is 10.1. The number of aliphatic carboxylic acids is 1. The molecule has 0 aliphatic heterocycles. The number of carbonyl (C=O) groups is 8. The zero-order valence-electron chi connectivity index (χ0n) is 43.4. The van der Waals surface area contributed by atoms with Crippen molar-refractivity contribution in [3.63, 3.8) is 0 Å². The number of amides is 8. The molecule has 6 rings (SSSR count). The molecule has 0 spiro atoms. The number of hydrogen-bond donors (Lipinski definition) is 11. The predicted molar refractivity (Wildman–Crippen MR) is 296 cm³/mol. The second kappa shape index (κ2) is 33.9. The molecule has 2 aromatic carbocycles. The molecule has 0 bridgehead atoms. The van der Waals surface area contributed by atoms with E-state index in [0.29, 0.717) is 61.8 Å². The highest BCUT2D eigenvalue weighted by Crippen LogP contribution is 2.22. The molecule has 8 amide bonds. The van der Waals surface area contributed by atoms with E-state index in [-0.39, 0.29) is 60.7 Å². The van der Waals surface area contributed by atoms with Crippen LogP contribution in [-0.2, 0) is 37.0 Å². The number of pyridine rings is 2. The summed E-state index contributed by atoms with van der Waals surface area (Å²) in [5.74, 6) is -2.59. The van der Waals surface area contributed by atoms with Crippen molar-refractivity contribution in [1.82, 2.24) is 51.8 Å². The summed E-state index contributed by atoms with van der Waals surface area (Å²) >= 11 is 2.10. The zero-order chi connectivity index (χ0) is 57.5. The summed E-state index contributed by atoms with van der Waals surface area (Å²) in [6.45, 7) is 3.56. The first-order valence-electron chi connectivity index (χ1n) is 24.9. The third kappa shape index (κ3) is 22.1. The number of nitrogens with two attached hydrogens (primary N) is 2. The lowest BCUT2D eigenvalue weighted by Gasteiger charge is -2.18. The molecule has 80 heavy (non-hydrogen) atoms. The van der Waals surface area contributed by atoms with Crippen molar-refractivity contribution in [2.45, 2.75) is 57.8 Å². The number of benzene rings is 2. The van der Waals surface area contributed by atoms with Gasteiger partial charge < -0.3 is 62.7 Å². The van der Waals surface area contributed by atoms with Gasteiger partial charge in [0.15, 0.2) is 10.3 Å². The minimum Gasteiger partial charge on any atom is -0.493 e. The molecular formula is C52H62N14O12S2. The van der Waals surface area contributed by atoms with Gasteiger partial charge in [0.25, 0.3) is 11.8 Å². The number of esters is 1. The van der Waals surface area contributed by atoms with Crippen molar-refractivity contribution < 1.29 is 57.7 Å². The Balaban J connectivity index is 0.000000294. The van der Waals surface area contributed by atoms with Gasteiger partial charge in [0.2, 0.25) is 11.8 Å². The summed E-state index contributed by atoms with van der Waals surface area (Å²) in [4.78, 5) is 114. The molecule has 0 saturated carbocycles. The molecule has 4 heterocycles. The number of thiazole rings is 2. The molecule has 26 nitrogen and oxygen atoms in total. The Hall–Kier alpha value is -9.12. The van der Waals surface area contributed by atoms with Gasteiger partial charge in [-0.2, -0.15) is 0 Å². The van der Waals surface area contributed by atoms with E-state index in [0.717, 1.165) is 33.8 Å². The average Bonchev–Trinajstić information content (AvgIpc) is 4.15. The van der Waals surface area contributed by atoms with Crippen LogP contribution in [0.3, 0.4) is 0 Å². The van der Waals surface area contributed by atoms with Crippen LogP contribution in [0.25, 0.3) is 0 Å². The standard InChI is InChI=1S/C27H33N7O6S.C25H29N7O6S/c1-2-39-24(36)13-20(18-8-5-11-29-14-18)32-23(35)16-30-25(37)21-17-41-27(33-21)34-26(38)31-15-19-7-3-4-9-22(19)40-12-6-10-28;26-8-4-10-38-20-7-2-1-5-17(20)13-29-24(37)32-25-31-19(15-39-25)23(36)28-14-21(33)30-18(11-22(34)35)16-6-3-9-27-12-16/h3-5,7-9,11,14,17,20H,2,6,10,12-13,15-16,28H2,1H3,(H,30,37)(H,32,35)(H2,31,33,34,38);1-3,5-7,9,12,15,18H,4,8,10-11,13-14,26H2,(H,28,36)(H,30,33)(H,34,35)(H2,29,31,32,37). The number of nitrogens with zero attached hydrogens (tertiary/aromatic N) is 4. The average molecular weight is 1140 g/mol. The molecule has 2 unspecified atom stereocenters. The number of anilines is 2. The van der Waals surface area contributed by atoms with Gasteiger partial charge in [-0.3, -0.25) is 49.4 Å². The van der Waals surface area contributed by atoms with Crippen molar-refractivity contribution in [1.29, 1.82) is 0 Å². The molecule has 0 radical (unpaired) electrons. The first-order valence-corrected chi connectivity index (χ1v) is 26.7. The highest BCUT2D eigenvalue weighted by Gasteiger charge is 2.22. The lowest BCUT2D eigenvalue weighted by Crippen LogP contribution is -2.39. The Morgan fingerprint density at radius 3 is 1.46 bits per heavy atom. The Kier molecular flexibility index (Phi) is 26.2. The number of rotatable bonds is 29. The molecule has 2 atom stereocenters. The molecule has 28 heteroatoms. The fraction of sp³-hybridized carbons (Fsp3) is 0.308. The number of urea groups is 2. The summed E-state index contributed by atoms with van der Waals surface area (Å²) in [6.07, 6.45) is 7.10. The van der Waals surface area contributed by atoms with Crippen molar-refractivity contribution in [3.8, 4) is 11.5 Å². The highest BCUT2D eigenvalue weighted by atomic mass is 32.1. The molecule has 4 aromatic heterocycles. The minimum atomic E-state index is -1.10. The third-order valence-electron chi connectivity index (χ3n) is 10.7. The smallest absolute Gasteiger partial charge is 0.321 e. The van der Waals surface area contributed by atoms with Crippen LogP contribution in [0.5, 0.6) is 11.5 Å². The van der Waals surface area contributed by atoms with Crippen molar-refractivity contribution in [2.75, 3.05) is 56.6 Å². The summed E-state index contributed by atoms with van der Waals surface area (Å²) in [5.41, 5.74) is 13.8. The number of nitrogens with one attached hydrogen (secondary N) is 8. The fourth-order valence-corrected chi connectivity index (χ4v) is 8.21. The largest absolute Gasteiger partial charge is 0.493 e. The second-order valence-corrected chi connectivity index (χ2v) is 18.4. The minimum absolute atomic E-state index is 0.0103. The lowest BCUT2D eigenvalue weighted by molar-refractivity contribution is -0.144. The van der Waals surface area contributed by atoms with Gasteiger partial charge in [-0.1, -0.05) is 48.5 Å². The van der Waals surface area contributed by atoms with E-state index in [9.17, 15) is 38.4 Å². The maximum absolute atomic E-state index is 12.5. The molecule has 0 aliphatic carbocycles. The number of carbonyl (C=O) groups excluding carboxylic acids is 7. The van der Waals surface area contributed by atoms with Gasteiger partial charge in [0.1, 0.15) is 22.9 Å². The summed E-state index contributed by atoms with van der Waals surface area (Å²) in [7, 11) is 0. The monoisotopic (exact) mass is 1140 g/mol. The van der Waals surface area contributed by atoms with Gasteiger partial charge in [-0.05, 0) is 68.2 Å². The molecular weight excluding hydrogens is 1080 g/mol. The van der Waals surface area contributed by atoms with Gasteiger partial charge >= 0.3 is 24.0 Å². The normalized spacial score (nSPS) is 11.2. The number of carboxylic acids is 1. The van der Waals surface area contributed by atoms with E-state index in [1.54, 1.807) is 43.6 Å². The van der Waals surface area contributed by atoms with Crippen LogP contribution in [0.4, 0.5) is 19.9 Å². The van der Waals surface area contributed by atoms with Crippen LogP contribution >= 0.6 is 22.7 Å². The predicted octanol–water partition coefficient (Wildman–Crippen LogP) is 3.78. The van der Waals surface area contributed by atoms with Crippen LogP contribution in [0.2, 0.25) is 0 Å². The highest BCUT2D eigenvalue weighted by molar-refractivity contribution is 7.14. The Bertz CT molecular complexity index is 2970. The van der Waals surface area contributed by atoms with Crippen molar-refractivity contribution in [2.24, 2.45) is 11.5 Å². The van der Waals surface area contributed by atoms with E-state index < -0.39 is 66.3 Å². The fourth-order valence-electron chi connectivity index (χ4n) is 6.84. The van der Waals surface area contributed by atoms with Crippen molar-refractivity contribution >= 4 is 80.6 Å². The Labute approximate surface area is 467 Å². The van der Waals surface area contributed by atoms with Crippen LogP contribution < -0.4 is 63.5 Å². The number of carboxylic acid groups (broad SMARTS) is 1. The maximum Gasteiger partial charge on any atom is 0.321 e. The Morgan fingerprint density at radius 1 is 0.600 bits per heavy atom. The molecule has 0 saturated heterocycles. The van der Waals surface area contributed by atoms with Gasteiger partial charge in [-0.25, -0.2) is 19.6 Å². The maximum atomic E-state index is 12.5. The van der Waals surface area contributed by atoms with E-state index in [1.807, 2.05) is 48.5 Å². The first kappa shape index (κ1) is 61.7. The first-order chi connectivity index (χ1) is 38.7. The summed E-state index contributed by atoms with van der Waals surface area (Å²) < 4.78 is 16.4. The molecule has 0 aliphatic rings. The van der Waals surface area contributed by atoms with E-state index in [4.69, 9.17) is 30.8 Å². The number of ether oxygens (including phenoxy) is 3. The number of aromatic nitrogens is 4. The summed E-state index contributed by atoms with van der Waals surface area (Å²) in [6, 6.07) is 18.8. The van der Waals surface area contributed by atoms with E-state index in [2.05, 4.69) is 62.5 Å². The SMILES string of the molecule is CCOC(=O)CC(NC(=O)CNC(=O)c1csc(NC(=O)NCc2ccccc2OCCCN)n1)c1cccnc1.NCCCOc1ccccc1CNC(=O)Nc1nc(C(=O)NCC(=O)NC(CC(=O)O)c2cccnc2)cs1. The third-order valence-corrected chi connectivity index (χ3v) is 12.2. The molecule has 424 valence electrons. The second-order valence-electron chi connectivity index (χ2n) is 16.7. The van der Waals surface area contributed by atoms with Crippen LogP contribution in [0, 0.1) is 0 Å². The van der Waals surface area contributed by atoms with Crippen LogP contribution in [0.1, 0.15) is 87.9 Å². The Morgan fingerprint density at radius 2 is 1.05 bits per heavy atom. The van der Waals surface area contributed by atoms with Gasteiger partial charge in [-0.15, -0.1) is 22.7 Å². The molecule has 13 N–H and O–H groups in total. The van der Waals surface area contributed by atoms with E-state index >= 15 is 0 Å². The molecule has 6 aromatic rings. The zero-order valence-corrected chi connectivity index (χ0v) is 45.1. The number of para-hydroxylation sites is 2.